The number of likely N-dealkylation sites (N-methyl/N-ethyl adjacent to an activating group) is 1. The van der Waals surface area contributed by atoms with E-state index < -0.39 is 23.8 Å². The minimum absolute atomic E-state index is 0.00698. The van der Waals surface area contributed by atoms with E-state index in [0.29, 0.717) is 11.1 Å². The maximum Gasteiger partial charge on any atom is 0.268 e. The van der Waals surface area contributed by atoms with Crippen LogP contribution in [-0.2, 0) is 19.2 Å². The summed E-state index contributed by atoms with van der Waals surface area (Å²) in [6.07, 6.45) is 2.78. The smallest absolute Gasteiger partial charge is 0.268 e. The van der Waals surface area contributed by atoms with Gasteiger partial charge in [-0.3, -0.25) is 19.2 Å². The van der Waals surface area contributed by atoms with Gasteiger partial charge in [0.2, 0.25) is 17.7 Å². The number of hydrogen-bond donors (Lipinski definition) is 4. The molecule has 0 saturated carbocycles. The van der Waals surface area contributed by atoms with Crippen LogP contribution in [0.5, 0.6) is 0 Å². The van der Waals surface area contributed by atoms with Gasteiger partial charge >= 0.3 is 0 Å². The van der Waals surface area contributed by atoms with Gasteiger partial charge in [-0.2, -0.15) is 0 Å². The fourth-order valence-corrected chi connectivity index (χ4v) is 2.66. The summed E-state index contributed by atoms with van der Waals surface area (Å²) in [4.78, 5) is 48.8. The first-order valence-corrected chi connectivity index (χ1v) is 9.95. The molecule has 0 aliphatic carbocycles. The lowest BCUT2D eigenvalue weighted by molar-refractivity contribution is -0.126. The maximum atomic E-state index is 12.7. The largest absolute Gasteiger partial charge is 0.356 e. The topological polar surface area (TPSA) is 116 Å². The standard InChI is InChI=1S/C24H26N4O4/c1-16(23(31)28-20(15-22(30)25-3)19-12-8-5-9-13-19)26-24(32)21(27-17(2)29)14-18-10-6-4-7-11-18/h4-16H,1-3H3,(H,25,30)(H,26,32)(H,27,29)(H,28,31)/b20-15+,21-14+. The molecule has 0 aromatic heterocycles. The van der Waals surface area contributed by atoms with Gasteiger partial charge in [0.05, 0.1) is 5.70 Å². The van der Waals surface area contributed by atoms with Gasteiger partial charge in [0.15, 0.2) is 0 Å². The van der Waals surface area contributed by atoms with Crippen LogP contribution >= 0.6 is 0 Å². The SMILES string of the molecule is CNC(=O)/C=C(/NC(=O)C(C)NC(=O)/C(=C\c1ccccc1)NC(C)=O)c1ccccc1. The quantitative estimate of drug-likeness (QED) is 0.472. The van der Waals surface area contributed by atoms with Crippen molar-refractivity contribution in [1.82, 2.24) is 21.3 Å². The average Bonchev–Trinajstić information content (AvgIpc) is 2.78. The van der Waals surface area contributed by atoms with Crippen LogP contribution in [0.25, 0.3) is 11.8 Å². The Bertz CT molecular complexity index is 1030. The third-order valence-corrected chi connectivity index (χ3v) is 4.27. The second-order valence-corrected chi connectivity index (χ2v) is 6.87. The molecule has 2 aromatic carbocycles. The second kappa shape index (κ2) is 11.8. The molecule has 8 heteroatoms. The van der Waals surface area contributed by atoms with Crippen molar-refractivity contribution in [2.45, 2.75) is 19.9 Å². The molecule has 4 amide bonds. The zero-order valence-electron chi connectivity index (χ0n) is 18.1. The van der Waals surface area contributed by atoms with Gasteiger partial charge in [-0.1, -0.05) is 60.7 Å². The van der Waals surface area contributed by atoms with E-state index in [9.17, 15) is 19.2 Å². The molecule has 8 nitrogen and oxygen atoms in total. The Morgan fingerprint density at radius 1 is 0.875 bits per heavy atom. The molecule has 2 rings (SSSR count). The maximum absolute atomic E-state index is 12.7. The zero-order chi connectivity index (χ0) is 23.5. The minimum Gasteiger partial charge on any atom is -0.356 e. The third kappa shape index (κ3) is 7.56. The molecule has 4 N–H and O–H groups in total. The molecule has 0 heterocycles. The van der Waals surface area contributed by atoms with Crippen LogP contribution in [0, 0.1) is 0 Å². The molecular formula is C24H26N4O4. The molecule has 0 radical (unpaired) electrons. The van der Waals surface area contributed by atoms with Gasteiger partial charge in [-0.05, 0) is 24.1 Å². The molecule has 0 bridgehead atoms. The molecule has 1 unspecified atom stereocenters. The van der Waals surface area contributed by atoms with Crippen molar-refractivity contribution < 1.29 is 19.2 Å². The van der Waals surface area contributed by atoms with Crippen LogP contribution in [0.1, 0.15) is 25.0 Å². The predicted molar refractivity (Wildman–Crippen MR) is 122 cm³/mol. The van der Waals surface area contributed by atoms with Crippen LogP contribution < -0.4 is 21.3 Å². The Kier molecular flexibility index (Phi) is 8.91. The molecule has 166 valence electrons. The van der Waals surface area contributed by atoms with Crippen molar-refractivity contribution in [1.29, 1.82) is 0 Å². The van der Waals surface area contributed by atoms with Crippen molar-refractivity contribution in [3.05, 3.63) is 83.6 Å². The summed E-state index contributed by atoms with van der Waals surface area (Å²) in [5.74, 6) is -1.96. The molecule has 0 fully saturated rings. The van der Waals surface area contributed by atoms with Gasteiger partial charge < -0.3 is 21.3 Å². The second-order valence-electron chi connectivity index (χ2n) is 6.87. The van der Waals surface area contributed by atoms with Crippen molar-refractivity contribution in [2.24, 2.45) is 0 Å². The molecule has 0 spiro atoms. The number of hydrogen-bond acceptors (Lipinski definition) is 4. The Labute approximate surface area is 186 Å². The first kappa shape index (κ1) is 24.1. The van der Waals surface area contributed by atoms with Crippen LogP contribution in [0.15, 0.2) is 72.4 Å². The van der Waals surface area contributed by atoms with E-state index in [2.05, 4.69) is 21.3 Å². The molecule has 32 heavy (non-hydrogen) atoms. The lowest BCUT2D eigenvalue weighted by Crippen LogP contribution is -2.46. The first-order chi connectivity index (χ1) is 15.3. The fourth-order valence-electron chi connectivity index (χ4n) is 2.66. The summed E-state index contributed by atoms with van der Waals surface area (Å²) in [5, 5.41) is 10.2. The molecule has 0 aliphatic rings. The van der Waals surface area contributed by atoms with E-state index in [1.807, 2.05) is 12.1 Å². The van der Waals surface area contributed by atoms with Crippen molar-refractivity contribution >= 4 is 35.4 Å². The van der Waals surface area contributed by atoms with Crippen LogP contribution in [0.4, 0.5) is 0 Å². The van der Waals surface area contributed by atoms with E-state index in [4.69, 9.17) is 0 Å². The van der Waals surface area contributed by atoms with Crippen LogP contribution in [0.3, 0.4) is 0 Å². The monoisotopic (exact) mass is 434 g/mol. The number of carbonyl (C=O) groups is 4. The average molecular weight is 434 g/mol. The van der Waals surface area contributed by atoms with Gasteiger partial charge in [-0.25, -0.2) is 0 Å². The highest BCUT2D eigenvalue weighted by Gasteiger charge is 2.20. The number of amides is 4. The fraction of sp³-hybridized carbons (Fsp3) is 0.167. The summed E-state index contributed by atoms with van der Waals surface area (Å²) < 4.78 is 0. The van der Waals surface area contributed by atoms with Gasteiger partial charge in [0.1, 0.15) is 11.7 Å². The number of nitrogens with one attached hydrogen (secondary N) is 4. The van der Waals surface area contributed by atoms with Crippen molar-refractivity contribution in [3.8, 4) is 0 Å². The molecule has 0 aliphatic heterocycles. The Balaban J connectivity index is 2.17. The summed E-state index contributed by atoms with van der Waals surface area (Å²) in [5.41, 5.74) is 1.64. The van der Waals surface area contributed by atoms with E-state index in [1.54, 1.807) is 48.5 Å². The van der Waals surface area contributed by atoms with E-state index in [-0.39, 0.29) is 17.3 Å². The van der Waals surface area contributed by atoms with Crippen LogP contribution in [-0.4, -0.2) is 36.7 Å². The predicted octanol–water partition coefficient (Wildman–Crippen LogP) is 1.57. The number of benzene rings is 2. The highest BCUT2D eigenvalue weighted by molar-refractivity contribution is 6.04. The molecule has 2 aromatic rings. The lowest BCUT2D eigenvalue weighted by atomic mass is 10.1. The summed E-state index contributed by atoms with van der Waals surface area (Å²) in [6, 6.07) is 16.9. The van der Waals surface area contributed by atoms with Crippen molar-refractivity contribution in [2.75, 3.05) is 7.05 Å². The lowest BCUT2D eigenvalue weighted by Gasteiger charge is -2.17. The van der Waals surface area contributed by atoms with Gasteiger partial charge in [-0.15, -0.1) is 0 Å². The third-order valence-electron chi connectivity index (χ3n) is 4.27. The van der Waals surface area contributed by atoms with Gasteiger partial charge in [0.25, 0.3) is 5.91 Å². The minimum atomic E-state index is -0.952. The van der Waals surface area contributed by atoms with E-state index in [1.165, 1.54) is 33.0 Å². The van der Waals surface area contributed by atoms with Gasteiger partial charge in [0, 0.05) is 20.0 Å². The molecular weight excluding hydrogens is 408 g/mol. The van der Waals surface area contributed by atoms with E-state index in [0.717, 1.165) is 0 Å². The first-order valence-electron chi connectivity index (χ1n) is 9.95. The van der Waals surface area contributed by atoms with E-state index >= 15 is 0 Å². The van der Waals surface area contributed by atoms with Crippen molar-refractivity contribution in [3.63, 3.8) is 0 Å². The Morgan fingerprint density at radius 2 is 1.47 bits per heavy atom. The Morgan fingerprint density at radius 3 is 2.03 bits per heavy atom. The highest BCUT2D eigenvalue weighted by atomic mass is 16.2. The summed E-state index contributed by atoms with van der Waals surface area (Å²) in [6.45, 7) is 2.79. The highest BCUT2D eigenvalue weighted by Crippen LogP contribution is 2.11. The Hall–Kier alpha value is -4.20. The normalized spacial score (nSPS) is 12.3. The summed E-state index contributed by atoms with van der Waals surface area (Å²) >= 11 is 0. The number of rotatable bonds is 8. The number of carbonyl (C=O) groups excluding carboxylic acids is 4. The zero-order valence-corrected chi connectivity index (χ0v) is 18.1. The molecule has 0 saturated heterocycles. The molecule has 1 atom stereocenters. The summed E-state index contributed by atoms with van der Waals surface area (Å²) in [7, 11) is 1.48. The van der Waals surface area contributed by atoms with Crippen LogP contribution in [0.2, 0.25) is 0 Å².